The summed E-state index contributed by atoms with van der Waals surface area (Å²) in [6.07, 6.45) is 0. The molecule has 0 N–H and O–H groups in total. The molecule has 11 heteroatoms. The number of rotatable bonds is 3. The van der Waals surface area contributed by atoms with Crippen LogP contribution >= 0.6 is 0 Å². The van der Waals surface area contributed by atoms with E-state index in [4.69, 9.17) is 0 Å². The number of benzene rings is 1. The number of sulfone groups is 1. The molecule has 21 heavy (non-hydrogen) atoms. The quantitative estimate of drug-likeness (QED) is 0.692. The van der Waals surface area contributed by atoms with Gasteiger partial charge in [-0.1, -0.05) is 0 Å². The van der Waals surface area contributed by atoms with E-state index in [9.17, 15) is 29.1 Å². The summed E-state index contributed by atoms with van der Waals surface area (Å²) in [6, 6.07) is 3.65. The Hall–Kier alpha value is -1.04. The van der Waals surface area contributed by atoms with Crippen LogP contribution in [0.4, 0.5) is 3.89 Å². The van der Waals surface area contributed by atoms with E-state index in [1.165, 1.54) is 0 Å². The van der Waals surface area contributed by atoms with Crippen LogP contribution in [0.3, 0.4) is 0 Å². The van der Waals surface area contributed by atoms with Gasteiger partial charge in [0.25, 0.3) is 0 Å². The van der Waals surface area contributed by atoms with Crippen LogP contribution in [0.5, 0.6) is 0 Å². The largest absolute Gasteiger partial charge is 0.332 e. The number of halogens is 1. The van der Waals surface area contributed by atoms with Crippen molar-refractivity contribution in [1.82, 2.24) is 4.31 Å². The van der Waals surface area contributed by atoms with Crippen molar-refractivity contribution in [3.05, 3.63) is 24.3 Å². The second kappa shape index (κ2) is 5.30. The molecule has 0 amide bonds. The average Bonchev–Trinajstić information content (AvgIpc) is 2.37. The van der Waals surface area contributed by atoms with Crippen molar-refractivity contribution < 1.29 is 29.1 Å². The first-order chi connectivity index (χ1) is 9.52. The van der Waals surface area contributed by atoms with Crippen molar-refractivity contribution in [2.45, 2.75) is 9.79 Å². The van der Waals surface area contributed by atoms with E-state index >= 15 is 0 Å². The SMILES string of the molecule is O=S1(=O)CCN(S(=O)(=O)c2ccc(S(=O)(=O)F)cc2)CC1. The molecule has 1 aliphatic rings. The van der Waals surface area contributed by atoms with E-state index < -0.39 is 35.0 Å². The Balaban J connectivity index is 2.29. The molecular weight excluding hydrogens is 345 g/mol. The molecule has 0 radical (unpaired) electrons. The van der Waals surface area contributed by atoms with Gasteiger partial charge in [-0.25, -0.2) is 16.8 Å². The Morgan fingerprint density at radius 1 is 0.905 bits per heavy atom. The molecule has 0 atom stereocenters. The van der Waals surface area contributed by atoms with Gasteiger partial charge >= 0.3 is 10.2 Å². The van der Waals surface area contributed by atoms with Crippen LogP contribution < -0.4 is 0 Å². The van der Waals surface area contributed by atoms with Crippen LogP contribution in [0.1, 0.15) is 0 Å². The number of hydrogen-bond acceptors (Lipinski definition) is 6. The molecule has 0 aromatic heterocycles. The monoisotopic (exact) mass is 357 g/mol. The fraction of sp³-hybridized carbons (Fsp3) is 0.400. The van der Waals surface area contributed by atoms with Gasteiger partial charge in [0.05, 0.1) is 21.3 Å². The molecule has 118 valence electrons. The molecule has 0 aliphatic carbocycles. The van der Waals surface area contributed by atoms with Crippen LogP contribution in [-0.4, -0.2) is 54.2 Å². The summed E-state index contributed by atoms with van der Waals surface area (Å²) in [5.74, 6) is -0.521. The van der Waals surface area contributed by atoms with E-state index in [0.717, 1.165) is 28.6 Å². The minimum Gasteiger partial charge on any atom is -0.229 e. The fourth-order valence-electron chi connectivity index (χ4n) is 1.86. The molecule has 1 aromatic rings. The van der Waals surface area contributed by atoms with Gasteiger partial charge in [-0.3, -0.25) is 0 Å². The lowest BCUT2D eigenvalue weighted by Crippen LogP contribution is -2.43. The summed E-state index contributed by atoms with van der Waals surface area (Å²) in [5, 5.41) is 0. The summed E-state index contributed by atoms with van der Waals surface area (Å²) in [5.41, 5.74) is 0. The van der Waals surface area contributed by atoms with Crippen LogP contribution in [-0.2, 0) is 30.1 Å². The van der Waals surface area contributed by atoms with Crippen LogP contribution in [0, 0.1) is 0 Å². The molecule has 0 unspecified atom stereocenters. The lowest BCUT2D eigenvalue weighted by Gasteiger charge is -2.25. The predicted octanol–water partition coefficient (Wildman–Crippen LogP) is -0.236. The average molecular weight is 357 g/mol. The molecule has 1 aliphatic heterocycles. The molecule has 7 nitrogen and oxygen atoms in total. The highest BCUT2D eigenvalue weighted by molar-refractivity contribution is 7.92. The second-order valence-corrected chi connectivity index (χ2v) is 10.1. The Morgan fingerprint density at radius 2 is 1.33 bits per heavy atom. The van der Waals surface area contributed by atoms with E-state index in [0.29, 0.717) is 0 Å². The van der Waals surface area contributed by atoms with Crippen molar-refractivity contribution in [1.29, 1.82) is 0 Å². The molecule has 1 heterocycles. The van der Waals surface area contributed by atoms with Crippen molar-refractivity contribution >= 4 is 30.1 Å². The first-order valence-electron chi connectivity index (χ1n) is 5.78. The van der Waals surface area contributed by atoms with Gasteiger partial charge in [-0.15, -0.1) is 3.89 Å². The van der Waals surface area contributed by atoms with Gasteiger partial charge in [0.1, 0.15) is 0 Å². The molecule has 1 saturated heterocycles. The topological polar surface area (TPSA) is 106 Å². The first-order valence-corrected chi connectivity index (χ1v) is 10.4. The third-order valence-corrected chi connectivity index (χ3v) is 7.40. The van der Waals surface area contributed by atoms with Gasteiger partial charge in [0, 0.05) is 13.1 Å². The molecule has 0 saturated carbocycles. The zero-order chi connectivity index (χ0) is 15.9. The first kappa shape index (κ1) is 16.3. The third kappa shape index (κ3) is 3.59. The summed E-state index contributed by atoms with van der Waals surface area (Å²) < 4.78 is 82.2. The van der Waals surface area contributed by atoms with Gasteiger partial charge < -0.3 is 0 Å². The van der Waals surface area contributed by atoms with Crippen LogP contribution in [0.15, 0.2) is 34.1 Å². The zero-order valence-corrected chi connectivity index (χ0v) is 13.1. The fourth-order valence-corrected chi connectivity index (χ4v) is 5.19. The normalized spacial score (nSPS) is 20.2. The molecular formula is C10H12FNO6S3. The third-order valence-electron chi connectivity index (χ3n) is 3.05. The second-order valence-electron chi connectivity index (χ2n) is 4.47. The Bertz CT molecular complexity index is 829. The van der Waals surface area contributed by atoms with Gasteiger partial charge in [0.15, 0.2) is 9.84 Å². The Kier molecular flexibility index (Phi) is 4.12. The lowest BCUT2D eigenvalue weighted by atomic mass is 10.4. The minimum absolute atomic E-state index is 0.159. The maximum absolute atomic E-state index is 12.7. The summed E-state index contributed by atoms with van der Waals surface area (Å²) in [7, 11) is -12.0. The van der Waals surface area contributed by atoms with Crippen molar-refractivity contribution in [2.75, 3.05) is 24.6 Å². The zero-order valence-electron chi connectivity index (χ0n) is 10.6. The molecule has 0 bridgehead atoms. The predicted molar refractivity (Wildman–Crippen MR) is 72.1 cm³/mol. The smallest absolute Gasteiger partial charge is 0.229 e. The summed E-state index contributed by atoms with van der Waals surface area (Å²) in [4.78, 5) is -0.850. The summed E-state index contributed by atoms with van der Waals surface area (Å²) in [6.45, 7) is -0.318. The van der Waals surface area contributed by atoms with Crippen molar-refractivity contribution in [3.8, 4) is 0 Å². The Morgan fingerprint density at radius 3 is 1.76 bits per heavy atom. The minimum atomic E-state index is -4.89. The molecule has 0 spiro atoms. The number of hydrogen-bond donors (Lipinski definition) is 0. The Labute approximate surface area is 122 Å². The number of nitrogens with zero attached hydrogens (tertiary/aromatic N) is 1. The maximum atomic E-state index is 12.7. The van der Waals surface area contributed by atoms with Gasteiger partial charge in [0.2, 0.25) is 10.0 Å². The lowest BCUT2D eigenvalue weighted by molar-refractivity contribution is 0.430. The highest BCUT2D eigenvalue weighted by Gasteiger charge is 2.31. The van der Waals surface area contributed by atoms with Gasteiger partial charge in [-0.05, 0) is 24.3 Å². The highest BCUT2D eigenvalue weighted by atomic mass is 32.3. The molecule has 1 aromatic carbocycles. The highest BCUT2D eigenvalue weighted by Crippen LogP contribution is 2.21. The van der Waals surface area contributed by atoms with E-state index in [1.54, 1.807) is 0 Å². The molecule has 2 rings (SSSR count). The standard InChI is InChI=1S/C10H12FNO6S3/c11-20(15,16)9-1-3-10(4-2-9)21(17,18)12-5-7-19(13,14)8-6-12/h1-4H,5-8H2. The van der Waals surface area contributed by atoms with Crippen LogP contribution in [0.25, 0.3) is 0 Å². The van der Waals surface area contributed by atoms with Gasteiger partial charge in [-0.2, -0.15) is 12.7 Å². The van der Waals surface area contributed by atoms with E-state index in [2.05, 4.69) is 0 Å². The van der Waals surface area contributed by atoms with Crippen molar-refractivity contribution in [2.24, 2.45) is 0 Å². The maximum Gasteiger partial charge on any atom is 0.332 e. The molecule has 1 fully saturated rings. The van der Waals surface area contributed by atoms with Crippen LogP contribution in [0.2, 0.25) is 0 Å². The van der Waals surface area contributed by atoms with Crippen molar-refractivity contribution in [3.63, 3.8) is 0 Å². The summed E-state index contributed by atoms with van der Waals surface area (Å²) >= 11 is 0. The van der Waals surface area contributed by atoms with E-state index in [-0.39, 0.29) is 29.5 Å². The number of sulfonamides is 1. The van der Waals surface area contributed by atoms with E-state index in [1.807, 2.05) is 0 Å².